The fraction of sp³-hybridized carbons (Fsp3) is 0.385. The molecule has 94 valence electrons. The van der Waals surface area contributed by atoms with Crippen LogP contribution in [0.5, 0.6) is 5.75 Å². The van der Waals surface area contributed by atoms with Crippen LogP contribution in [-0.4, -0.2) is 26.4 Å². The molecule has 1 aliphatic heterocycles. The van der Waals surface area contributed by atoms with Gasteiger partial charge in [0.25, 0.3) is 0 Å². The number of benzene rings is 1. The Kier molecular flexibility index (Phi) is 2.29. The van der Waals surface area contributed by atoms with Crippen LogP contribution in [0.3, 0.4) is 0 Å². The highest BCUT2D eigenvalue weighted by molar-refractivity contribution is 5.59. The van der Waals surface area contributed by atoms with Crippen molar-refractivity contribution in [3.05, 3.63) is 24.3 Å². The molecule has 0 unspecified atom stereocenters. The van der Waals surface area contributed by atoms with Gasteiger partial charge in [-0.05, 0) is 12.1 Å². The lowest BCUT2D eigenvalue weighted by atomic mass is 9.92. The number of hydrogen-bond donors (Lipinski definition) is 2. The van der Waals surface area contributed by atoms with Gasteiger partial charge in [-0.1, -0.05) is 26.0 Å². The predicted molar refractivity (Wildman–Crippen MR) is 69.4 cm³/mol. The first-order valence-corrected chi connectivity index (χ1v) is 6.02. The highest BCUT2D eigenvalue weighted by Gasteiger charge is 2.28. The number of rotatable bonds is 1. The molecule has 2 N–H and O–H groups in total. The summed E-state index contributed by atoms with van der Waals surface area (Å²) in [7, 11) is 0. The van der Waals surface area contributed by atoms with Gasteiger partial charge in [0, 0.05) is 24.1 Å². The van der Waals surface area contributed by atoms with E-state index in [1.165, 1.54) is 0 Å². The molecule has 2 heterocycles. The molecule has 0 saturated heterocycles. The lowest BCUT2D eigenvalue weighted by Gasteiger charge is -2.31. The minimum absolute atomic E-state index is 0.168. The number of hydrogen-bond acceptors (Lipinski definition) is 4. The summed E-state index contributed by atoms with van der Waals surface area (Å²) in [4.78, 5) is 0. The van der Waals surface area contributed by atoms with Crippen LogP contribution in [0.15, 0.2) is 24.3 Å². The van der Waals surface area contributed by atoms with Crippen molar-refractivity contribution in [2.75, 3.05) is 11.9 Å². The van der Waals surface area contributed by atoms with E-state index in [9.17, 15) is 5.11 Å². The second-order valence-corrected chi connectivity index (χ2v) is 5.50. The van der Waals surface area contributed by atoms with E-state index in [1.807, 2.05) is 12.1 Å². The number of phenols is 1. The molecule has 0 bridgehead atoms. The standard InChI is InChI=1S/C13H16N4O/c1-13(2)7-14-12-16-15-11(17(12)8-13)9-4-3-5-10(18)6-9/h3-6,18H,7-8H2,1-2H3,(H,14,16). The fourth-order valence-electron chi connectivity index (χ4n) is 2.24. The lowest BCUT2D eigenvalue weighted by molar-refractivity contribution is 0.311. The summed E-state index contributed by atoms with van der Waals surface area (Å²) in [6.07, 6.45) is 0. The van der Waals surface area contributed by atoms with Crippen molar-refractivity contribution in [1.29, 1.82) is 0 Å². The molecule has 0 spiro atoms. The molecule has 0 amide bonds. The van der Waals surface area contributed by atoms with Gasteiger partial charge in [-0.2, -0.15) is 0 Å². The molecule has 0 saturated carbocycles. The Morgan fingerprint density at radius 3 is 2.94 bits per heavy atom. The van der Waals surface area contributed by atoms with Crippen molar-refractivity contribution in [1.82, 2.24) is 14.8 Å². The van der Waals surface area contributed by atoms with E-state index in [1.54, 1.807) is 12.1 Å². The molecule has 0 fully saturated rings. The van der Waals surface area contributed by atoms with Crippen molar-refractivity contribution in [2.24, 2.45) is 5.41 Å². The largest absolute Gasteiger partial charge is 0.508 e. The van der Waals surface area contributed by atoms with E-state index >= 15 is 0 Å². The molecule has 0 radical (unpaired) electrons. The van der Waals surface area contributed by atoms with Crippen LogP contribution >= 0.6 is 0 Å². The number of aromatic hydroxyl groups is 1. The van der Waals surface area contributed by atoms with Crippen molar-refractivity contribution < 1.29 is 5.11 Å². The van der Waals surface area contributed by atoms with Gasteiger partial charge < -0.3 is 10.4 Å². The van der Waals surface area contributed by atoms with Crippen LogP contribution in [-0.2, 0) is 6.54 Å². The Balaban J connectivity index is 2.07. The minimum Gasteiger partial charge on any atom is -0.508 e. The van der Waals surface area contributed by atoms with E-state index < -0.39 is 0 Å². The van der Waals surface area contributed by atoms with Crippen LogP contribution in [0.4, 0.5) is 5.95 Å². The van der Waals surface area contributed by atoms with Gasteiger partial charge in [0.05, 0.1) is 0 Å². The molecule has 0 atom stereocenters. The third-order valence-electron chi connectivity index (χ3n) is 3.17. The molecular formula is C13H16N4O. The maximum Gasteiger partial charge on any atom is 0.224 e. The Labute approximate surface area is 105 Å². The van der Waals surface area contributed by atoms with Gasteiger partial charge in [-0.3, -0.25) is 4.57 Å². The van der Waals surface area contributed by atoms with Crippen LogP contribution in [0, 0.1) is 5.41 Å². The number of fused-ring (bicyclic) bond motifs is 1. The summed E-state index contributed by atoms with van der Waals surface area (Å²) in [5.74, 6) is 1.83. The van der Waals surface area contributed by atoms with E-state index in [0.717, 1.165) is 30.4 Å². The van der Waals surface area contributed by atoms with Crippen molar-refractivity contribution in [3.8, 4) is 17.1 Å². The van der Waals surface area contributed by atoms with E-state index in [-0.39, 0.29) is 11.2 Å². The van der Waals surface area contributed by atoms with Gasteiger partial charge in [0.1, 0.15) is 5.75 Å². The van der Waals surface area contributed by atoms with Gasteiger partial charge in [-0.25, -0.2) is 0 Å². The molecule has 1 aliphatic rings. The maximum atomic E-state index is 9.55. The average Bonchev–Trinajstić information content (AvgIpc) is 2.70. The smallest absolute Gasteiger partial charge is 0.224 e. The highest BCUT2D eigenvalue weighted by atomic mass is 16.3. The molecule has 18 heavy (non-hydrogen) atoms. The molecule has 3 rings (SSSR count). The number of aromatic nitrogens is 3. The minimum atomic E-state index is 0.168. The van der Waals surface area contributed by atoms with Crippen LogP contribution in [0.1, 0.15) is 13.8 Å². The fourth-order valence-corrected chi connectivity index (χ4v) is 2.24. The second kappa shape index (κ2) is 3.73. The van der Waals surface area contributed by atoms with Crippen molar-refractivity contribution in [3.63, 3.8) is 0 Å². The lowest BCUT2D eigenvalue weighted by Crippen LogP contribution is -2.34. The van der Waals surface area contributed by atoms with Gasteiger partial charge in [0.15, 0.2) is 5.82 Å². The van der Waals surface area contributed by atoms with Gasteiger partial charge >= 0.3 is 0 Å². The zero-order valence-corrected chi connectivity index (χ0v) is 10.5. The quantitative estimate of drug-likeness (QED) is 0.806. The number of nitrogens with zero attached hydrogens (tertiary/aromatic N) is 3. The summed E-state index contributed by atoms with van der Waals surface area (Å²) in [6, 6.07) is 7.10. The Morgan fingerprint density at radius 2 is 2.17 bits per heavy atom. The Hall–Kier alpha value is -2.04. The molecule has 0 aliphatic carbocycles. The van der Waals surface area contributed by atoms with Gasteiger partial charge in [0.2, 0.25) is 5.95 Å². The normalized spacial score (nSPS) is 17.0. The molecule has 2 aromatic rings. The first-order chi connectivity index (χ1) is 8.55. The Morgan fingerprint density at radius 1 is 1.33 bits per heavy atom. The van der Waals surface area contributed by atoms with Crippen molar-refractivity contribution >= 4 is 5.95 Å². The van der Waals surface area contributed by atoms with Crippen LogP contribution < -0.4 is 5.32 Å². The third kappa shape index (κ3) is 1.81. The monoisotopic (exact) mass is 244 g/mol. The summed E-state index contributed by atoms with van der Waals surface area (Å²) in [6.45, 7) is 6.17. The van der Waals surface area contributed by atoms with E-state index in [2.05, 4.69) is 33.9 Å². The van der Waals surface area contributed by atoms with Gasteiger partial charge in [-0.15, -0.1) is 10.2 Å². The molecular weight excluding hydrogens is 228 g/mol. The number of nitrogens with one attached hydrogen (secondary N) is 1. The molecule has 5 nitrogen and oxygen atoms in total. The first kappa shape index (κ1) is 11.1. The molecule has 1 aromatic carbocycles. The van der Waals surface area contributed by atoms with Crippen molar-refractivity contribution in [2.45, 2.75) is 20.4 Å². The Bertz CT molecular complexity index is 588. The number of phenolic OH excluding ortho intramolecular Hbond substituents is 1. The zero-order valence-electron chi connectivity index (χ0n) is 10.5. The number of anilines is 1. The molecule has 1 aromatic heterocycles. The average molecular weight is 244 g/mol. The van der Waals surface area contributed by atoms with E-state index in [4.69, 9.17) is 0 Å². The topological polar surface area (TPSA) is 63.0 Å². The van der Waals surface area contributed by atoms with Crippen LogP contribution in [0.25, 0.3) is 11.4 Å². The highest BCUT2D eigenvalue weighted by Crippen LogP contribution is 2.31. The summed E-state index contributed by atoms with van der Waals surface area (Å²) >= 11 is 0. The van der Waals surface area contributed by atoms with Crippen LogP contribution in [0.2, 0.25) is 0 Å². The zero-order chi connectivity index (χ0) is 12.8. The maximum absolute atomic E-state index is 9.55. The van der Waals surface area contributed by atoms with E-state index in [0.29, 0.717) is 0 Å². The third-order valence-corrected chi connectivity index (χ3v) is 3.17. The summed E-state index contributed by atoms with van der Waals surface area (Å²) in [5.41, 5.74) is 1.05. The summed E-state index contributed by atoms with van der Waals surface area (Å²) < 4.78 is 2.07. The SMILES string of the molecule is CC1(C)CNc2nnc(-c3cccc(O)c3)n2C1. The first-order valence-electron chi connectivity index (χ1n) is 6.02. The summed E-state index contributed by atoms with van der Waals surface area (Å²) in [5, 5.41) is 21.2. The molecule has 5 heteroatoms. The second-order valence-electron chi connectivity index (χ2n) is 5.50. The predicted octanol–water partition coefficient (Wildman–Crippen LogP) is 2.10.